The summed E-state index contributed by atoms with van der Waals surface area (Å²) in [5, 5.41) is 2.73. The Kier molecular flexibility index (Phi) is 6.30. The minimum Gasteiger partial charge on any atom is -0.324 e. The molecule has 0 atom stereocenters. The molecular formula is C23H26FN3O4S. The summed E-state index contributed by atoms with van der Waals surface area (Å²) in [4.78, 5) is 27.0. The van der Waals surface area contributed by atoms with Crippen molar-refractivity contribution in [2.45, 2.75) is 43.9 Å². The molecule has 2 aliphatic rings. The third kappa shape index (κ3) is 4.54. The van der Waals surface area contributed by atoms with E-state index in [1.165, 1.54) is 33.5 Å². The van der Waals surface area contributed by atoms with Crippen molar-refractivity contribution in [2.75, 3.05) is 29.9 Å². The largest absolute Gasteiger partial charge is 0.324 e. The summed E-state index contributed by atoms with van der Waals surface area (Å²) in [6, 6.07) is 8.84. The van der Waals surface area contributed by atoms with Gasteiger partial charge in [0.05, 0.1) is 4.90 Å². The topological polar surface area (TPSA) is 86.8 Å². The number of benzene rings is 2. The highest BCUT2D eigenvalue weighted by molar-refractivity contribution is 7.89. The second-order valence-electron chi connectivity index (χ2n) is 8.24. The first-order chi connectivity index (χ1) is 15.3. The van der Waals surface area contributed by atoms with Gasteiger partial charge in [0, 0.05) is 30.9 Å². The van der Waals surface area contributed by atoms with E-state index >= 15 is 0 Å². The van der Waals surface area contributed by atoms with Gasteiger partial charge in [-0.15, -0.1) is 0 Å². The van der Waals surface area contributed by atoms with Gasteiger partial charge in [-0.25, -0.2) is 12.8 Å². The standard InChI is InChI=1S/C23H26FN3O4S/c1-16-13-18(24)7-9-20(16)25-22(28)15-27-21-10-8-19(14-17(21)5-4-6-23(27)29)32(30,31)26-11-2-3-12-26/h7-10,13-14H,2-6,11-12,15H2,1H3,(H,25,28). The van der Waals surface area contributed by atoms with Gasteiger partial charge >= 0.3 is 0 Å². The molecule has 2 amide bonds. The molecule has 2 aromatic carbocycles. The number of hydrogen-bond acceptors (Lipinski definition) is 4. The van der Waals surface area contributed by atoms with E-state index in [1.807, 2.05) is 0 Å². The molecule has 0 saturated carbocycles. The average molecular weight is 460 g/mol. The monoisotopic (exact) mass is 459 g/mol. The first-order valence-electron chi connectivity index (χ1n) is 10.7. The number of nitrogens with one attached hydrogen (secondary N) is 1. The van der Waals surface area contributed by atoms with Crippen molar-refractivity contribution < 1.29 is 22.4 Å². The van der Waals surface area contributed by atoms with Crippen LogP contribution in [-0.2, 0) is 26.0 Å². The summed E-state index contributed by atoms with van der Waals surface area (Å²) in [7, 11) is -3.57. The second-order valence-corrected chi connectivity index (χ2v) is 10.2. The van der Waals surface area contributed by atoms with Crippen molar-refractivity contribution >= 4 is 33.2 Å². The Bertz CT molecular complexity index is 1160. The molecule has 0 bridgehead atoms. The lowest BCUT2D eigenvalue weighted by Crippen LogP contribution is -2.38. The summed E-state index contributed by atoms with van der Waals surface area (Å²) in [5.41, 5.74) is 2.35. The lowest BCUT2D eigenvalue weighted by Gasteiger charge is -2.24. The van der Waals surface area contributed by atoms with E-state index in [-0.39, 0.29) is 23.8 Å². The van der Waals surface area contributed by atoms with Crippen molar-refractivity contribution in [3.8, 4) is 0 Å². The number of anilines is 2. The molecule has 170 valence electrons. The van der Waals surface area contributed by atoms with Gasteiger partial charge in [-0.3, -0.25) is 9.59 Å². The van der Waals surface area contributed by atoms with Gasteiger partial charge in [0.2, 0.25) is 21.8 Å². The molecule has 7 nitrogen and oxygen atoms in total. The molecule has 0 unspecified atom stereocenters. The number of halogens is 1. The van der Waals surface area contributed by atoms with Crippen molar-refractivity contribution in [1.82, 2.24) is 4.31 Å². The molecule has 2 heterocycles. The molecule has 4 rings (SSSR count). The molecule has 1 fully saturated rings. The highest BCUT2D eigenvalue weighted by atomic mass is 32.2. The number of sulfonamides is 1. The number of carbonyl (C=O) groups is 2. The summed E-state index contributed by atoms with van der Waals surface area (Å²) in [5.74, 6) is -0.989. The number of fused-ring (bicyclic) bond motifs is 1. The third-order valence-corrected chi connectivity index (χ3v) is 7.84. The quantitative estimate of drug-likeness (QED) is 0.744. The molecule has 32 heavy (non-hydrogen) atoms. The summed E-state index contributed by atoms with van der Waals surface area (Å²) in [6.07, 6.45) is 3.11. The minimum atomic E-state index is -3.57. The molecular weight excluding hydrogens is 433 g/mol. The second kappa shape index (κ2) is 8.99. The number of rotatable bonds is 5. The molecule has 0 radical (unpaired) electrons. The lowest BCUT2D eigenvalue weighted by molar-refractivity contribution is -0.121. The smallest absolute Gasteiger partial charge is 0.244 e. The minimum absolute atomic E-state index is 0.190. The number of aryl methyl sites for hydroxylation is 2. The summed E-state index contributed by atoms with van der Waals surface area (Å²) < 4.78 is 40.7. The zero-order chi connectivity index (χ0) is 22.9. The van der Waals surface area contributed by atoms with E-state index in [2.05, 4.69) is 5.32 Å². The van der Waals surface area contributed by atoms with Crippen LogP contribution in [0.2, 0.25) is 0 Å². The molecule has 9 heteroatoms. The van der Waals surface area contributed by atoms with Gasteiger partial charge in [0.15, 0.2) is 0 Å². The Morgan fingerprint density at radius 1 is 1.06 bits per heavy atom. The number of amides is 2. The van der Waals surface area contributed by atoms with Crippen LogP contribution in [0.1, 0.15) is 36.8 Å². The third-order valence-electron chi connectivity index (χ3n) is 5.95. The highest BCUT2D eigenvalue weighted by Gasteiger charge is 2.30. The van der Waals surface area contributed by atoms with E-state index < -0.39 is 21.7 Å². The molecule has 1 N–H and O–H groups in total. The maximum Gasteiger partial charge on any atom is 0.244 e. The van der Waals surface area contributed by atoms with Gasteiger partial charge in [-0.1, -0.05) is 0 Å². The Hall–Kier alpha value is -2.78. The predicted octanol–water partition coefficient (Wildman–Crippen LogP) is 3.23. The molecule has 1 saturated heterocycles. The molecule has 0 aromatic heterocycles. The summed E-state index contributed by atoms with van der Waals surface area (Å²) >= 11 is 0. The van der Waals surface area contributed by atoms with Crippen LogP contribution in [0.3, 0.4) is 0 Å². The fraction of sp³-hybridized carbons (Fsp3) is 0.391. The van der Waals surface area contributed by atoms with Crippen LogP contribution in [0.5, 0.6) is 0 Å². The van der Waals surface area contributed by atoms with Gasteiger partial charge in [-0.2, -0.15) is 4.31 Å². The fourth-order valence-corrected chi connectivity index (χ4v) is 5.81. The van der Waals surface area contributed by atoms with Crippen molar-refractivity contribution in [3.63, 3.8) is 0 Å². The number of nitrogens with zero attached hydrogens (tertiary/aromatic N) is 2. The van der Waals surface area contributed by atoms with Crippen LogP contribution in [-0.4, -0.2) is 44.2 Å². The van der Waals surface area contributed by atoms with Crippen molar-refractivity contribution in [3.05, 3.63) is 53.3 Å². The number of carbonyl (C=O) groups excluding carboxylic acids is 2. The van der Waals surface area contributed by atoms with Crippen LogP contribution >= 0.6 is 0 Å². The van der Waals surface area contributed by atoms with E-state index in [9.17, 15) is 22.4 Å². The zero-order valence-electron chi connectivity index (χ0n) is 17.9. The highest BCUT2D eigenvalue weighted by Crippen LogP contribution is 2.31. The first-order valence-corrected chi connectivity index (χ1v) is 12.2. The van der Waals surface area contributed by atoms with E-state index in [0.29, 0.717) is 42.9 Å². The Balaban J connectivity index is 1.58. The van der Waals surface area contributed by atoms with Crippen molar-refractivity contribution in [2.24, 2.45) is 0 Å². The summed E-state index contributed by atoms with van der Waals surface area (Å²) in [6.45, 7) is 2.52. The van der Waals surface area contributed by atoms with E-state index in [4.69, 9.17) is 0 Å². The van der Waals surface area contributed by atoms with Gasteiger partial charge < -0.3 is 10.2 Å². The molecule has 0 aliphatic carbocycles. The zero-order valence-corrected chi connectivity index (χ0v) is 18.8. The fourth-order valence-electron chi connectivity index (χ4n) is 4.24. The van der Waals surface area contributed by atoms with Crippen LogP contribution in [0, 0.1) is 12.7 Å². The molecule has 2 aliphatic heterocycles. The van der Waals surface area contributed by atoms with Gasteiger partial charge in [-0.05, 0) is 80.1 Å². The average Bonchev–Trinajstić information content (AvgIpc) is 3.25. The predicted molar refractivity (Wildman–Crippen MR) is 119 cm³/mol. The van der Waals surface area contributed by atoms with Gasteiger partial charge in [0.1, 0.15) is 12.4 Å². The normalized spacial score (nSPS) is 17.2. The van der Waals surface area contributed by atoms with E-state index in [1.54, 1.807) is 19.1 Å². The molecule has 0 spiro atoms. The number of hydrogen-bond donors (Lipinski definition) is 1. The Morgan fingerprint density at radius 3 is 2.53 bits per heavy atom. The van der Waals surface area contributed by atoms with E-state index in [0.717, 1.165) is 18.4 Å². The SMILES string of the molecule is Cc1cc(F)ccc1NC(=O)CN1C(=O)CCCc2cc(S(=O)(=O)N3CCCC3)ccc21. The van der Waals surface area contributed by atoms with Gasteiger partial charge in [0.25, 0.3) is 0 Å². The van der Waals surface area contributed by atoms with Crippen molar-refractivity contribution in [1.29, 1.82) is 0 Å². The molecule has 2 aromatic rings. The maximum atomic E-state index is 13.3. The van der Waals surface area contributed by atoms with Crippen LogP contribution < -0.4 is 10.2 Å². The lowest BCUT2D eigenvalue weighted by atomic mass is 10.1. The van der Waals surface area contributed by atoms with Crippen LogP contribution in [0.4, 0.5) is 15.8 Å². The Morgan fingerprint density at radius 2 is 1.81 bits per heavy atom. The first kappa shape index (κ1) is 22.4. The maximum absolute atomic E-state index is 13.3. The van der Waals surface area contributed by atoms with Crippen LogP contribution in [0.15, 0.2) is 41.3 Å². The van der Waals surface area contributed by atoms with Crippen LogP contribution in [0.25, 0.3) is 0 Å². The Labute approximate surface area is 187 Å².